The summed E-state index contributed by atoms with van der Waals surface area (Å²) in [4.78, 5) is 11.8. The Hall–Kier alpha value is -2.33. The number of allylic oxidation sites excluding steroid dienone is 1. The quantitative estimate of drug-likeness (QED) is 0.821. The lowest BCUT2D eigenvalue weighted by Crippen LogP contribution is -2.26. The zero-order chi connectivity index (χ0) is 14.4. The van der Waals surface area contributed by atoms with Gasteiger partial charge in [0.05, 0.1) is 12.8 Å². The van der Waals surface area contributed by atoms with Crippen molar-refractivity contribution in [3.63, 3.8) is 0 Å². The lowest BCUT2D eigenvalue weighted by molar-refractivity contribution is -0.116. The molecule has 0 aliphatic carbocycles. The van der Waals surface area contributed by atoms with Gasteiger partial charge in [-0.3, -0.25) is 4.79 Å². The number of aliphatic hydroxyl groups excluding tert-OH is 1. The van der Waals surface area contributed by atoms with Crippen molar-refractivity contribution in [1.82, 2.24) is 5.32 Å². The van der Waals surface area contributed by atoms with Crippen LogP contribution in [-0.2, 0) is 4.79 Å². The predicted octanol–water partition coefficient (Wildman–Crippen LogP) is 2.53. The Kier molecular flexibility index (Phi) is 4.74. The number of aliphatic hydroxyl groups is 1. The predicted molar refractivity (Wildman–Crippen MR) is 76.8 cm³/mol. The molecule has 1 aromatic heterocycles. The fraction of sp³-hybridized carbons (Fsp3) is 0.188. The molecule has 4 nitrogen and oxygen atoms in total. The third kappa shape index (κ3) is 3.83. The summed E-state index contributed by atoms with van der Waals surface area (Å²) in [7, 11) is 0. The van der Waals surface area contributed by atoms with Gasteiger partial charge in [-0.05, 0) is 30.2 Å². The Balaban J connectivity index is 1.89. The molecular weight excluding hydrogens is 254 g/mol. The van der Waals surface area contributed by atoms with Gasteiger partial charge in [0.1, 0.15) is 11.9 Å². The van der Waals surface area contributed by atoms with Gasteiger partial charge in [-0.2, -0.15) is 0 Å². The molecule has 2 aromatic rings. The molecule has 104 valence electrons. The van der Waals surface area contributed by atoms with Gasteiger partial charge in [-0.25, -0.2) is 0 Å². The molecule has 0 radical (unpaired) electrons. The van der Waals surface area contributed by atoms with Crippen LogP contribution < -0.4 is 5.32 Å². The number of hydrogen-bond acceptors (Lipinski definition) is 3. The lowest BCUT2D eigenvalue weighted by Gasteiger charge is -2.08. The van der Waals surface area contributed by atoms with Crippen LogP contribution in [0.2, 0.25) is 0 Å². The minimum Gasteiger partial charge on any atom is -0.467 e. The monoisotopic (exact) mass is 271 g/mol. The Morgan fingerprint density at radius 1 is 1.30 bits per heavy atom. The highest BCUT2D eigenvalue weighted by Crippen LogP contribution is 2.13. The van der Waals surface area contributed by atoms with E-state index in [0.717, 1.165) is 11.1 Å². The highest BCUT2D eigenvalue weighted by atomic mass is 16.4. The first-order valence-electron chi connectivity index (χ1n) is 6.40. The zero-order valence-electron chi connectivity index (χ0n) is 11.2. The molecule has 4 heteroatoms. The SMILES string of the molecule is C/C(=C/C(=O)NCC(O)c1ccco1)c1ccccc1. The van der Waals surface area contributed by atoms with Gasteiger partial charge >= 0.3 is 0 Å². The maximum Gasteiger partial charge on any atom is 0.244 e. The van der Waals surface area contributed by atoms with Crippen molar-refractivity contribution >= 4 is 11.5 Å². The first-order valence-corrected chi connectivity index (χ1v) is 6.40. The molecule has 2 rings (SSSR count). The van der Waals surface area contributed by atoms with Crippen LogP contribution in [0, 0.1) is 0 Å². The molecule has 0 aliphatic rings. The van der Waals surface area contributed by atoms with Gasteiger partial charge < -0.3 is 14.8 Å². The standard InChI is InChI=1S/C16H17NO3/c1-12(13-6-3-2-4-7-13)10-16(19)17-11-14(18)15-8-5-9-20-15/h2-10,14,18H,11H2,1H3,(H,17,19)/b12-10-. The van der Waals surface area contributed by atoms with Gasteiger partial charge in [0.15, 0.2) is 0 Å². The molecule has 1 amide bonds. The van der Waals surface area contributed by atoms with Crippen molar-refractivity contribution in [3.8, 4) is 0 Å². The van der Waals surface area contributed by atoms with Gasteiger partial charge in [0.2, 0.25) is 5.91 Å². The second-order valence-corrected chi connectivity index (χ2v) is 4.47. The van der Waals surface area contributed by atoms with E-state index in [9.17, 15) is 9.90 Å². The molecule has 1 unspecified atom stereocenters. The fourth-order valence-corrected chi connectivity index (χ4v) is 1.81. The van der Waals surface area contributed by atoms with Crippen molar-refractivity contribution in [2.24, 2.45) is 0 Å². The number of amides is 1. The number of benzene rings is 1. The van der Waals surface area contributed by atoms with Crippen LogP contribution in [-0.4, -0.2) is 17.6 Å². The summed E-state index contributed by atoms with van der Waals surface area (Å²) in [6, 6.07) is 13.0. The summed E-state index contributed by atoms with van der Waals surface area (Å²) in [6.07, 6.45) is 2.17. The van der Waals surface area contributed by atoms with Crippen LogP contribution in [0.15, 0.2) is 59.2 Å². The summed E-state index contributed by atoms with van der Waals surface area (Å²) in [5.74, 6) is 0.200. The van der Waals surface area contributed by atoms with E-state index in [4.69, 9.17) is 4.42 Å². The van der Waals surface area contributed by atoms with Crippen LogP contribution in [0.5, 0.6) is 0 Å². The number of hydrogen-bond donors (Lipinski definition) is 2. The van der Waals surface area contributed by atoms with Gasteiger partial charge in [-0.15, -0.1) is 0 Å². The molecule has 1 aromatic carbocycles. The second-order valence-electron chi connectivity index (χ2n) is 4.47. The van der Waals surface area contributed by atoms with E-state index < -0.39 is 6.10 Å². The molecular formula is C16H17NO3. The van der Waals surface area contributed by atoms with E-state index in [2.05, 4.69) is 5.32 Å². The van der Waals surface area contributed by atoms with Crippen molar-refractivity contribution in [2.45, 2.75) is 13.0 Å². The lowest BCUT2D eigenvalue weighted by atomic mass is 10.1. The largest absolute Gasteiger partial charge is 0.467 e. The molecule has 0 fully saturated rings. The zero-order valence-corrected chi connectivity index (χ0v) is 11.2. The number of carbonyl (C=O) groups excluding carboxylic acids is 1. The molecule has 0 saturated carbocycles. The van der Waals surface area contributed by atoms with Gasteiger partial charge in [0.25, 0.3) is 0 Å². The van der Waals surface area contributed by atoms with Crippen LogP contribution in [0.4, 0.5) is 0 Å². The van der Waals surface area contributed by atoms with E-state index in [-0.39, 0.29) is 12.5 Å². The molecule has 0 saturated heterocycles. The van der Waals surface area contributed by atoms with Crippen molar-refractivity contribution in [3.05, 3.63) is 66.1 Å². The minimum atomic E-state index is -0.834. The number of carbonyl (C=O) groups is 1. The Morgan fingerprint density at radius 3 is 2.70 bits per heavy atom. The van der Waals surface area contributed by atoms with Crippen molar-refractivity contribution in [1.29, 1.82) is 0 Å². The van der Waals surface area contributed by atoms with Crippen LogP contribution in [0.3, 0.4) is 0 Å². The third-order valence-corrected chi connectivity index (χ3v) is 2.92. The number of rotatable bonds is 5. The molecule has 2 N–H and O–H groups in total. The summed E-state index contributed by atoms with van der Waals surface area (Å²) in [6.45, 7) is 1.99. The van der Waals surface area contributed by atoms with E-state index in [1.807, 2.05) is 37.3 Å². The smallest absolute Gasteiger partial charge is 0.244 e. The van der Waals surface area contributed by atoms with Gasteiger partial charge in [0, 0.05) is 6.08 Å². The van der Waals surface area contributed by atoms with Crippen LogP contribution in [0.25, 0.3) is 5.57 Å². The Bertz CT molecular complexity index is 573. The second kappa shape index (κ2) is 6.73. The normalized spacial score (nSPS) is 13.0. The first kappa shape index (κ1) is 14.1. The molecule has 0 spiro atoms. The van der Waals surface area contributed by atoms with E-state index in [1.54, 1.807) is 12.1 Å². The molecule has 0 aliphatic heterocycles. The topological polar surface area (TPSA) is 62.5 Å². The van der Waals surface area contributed by atoms with Crippen LogP contribution in [0.1, 0.15) is 24.4 Å². The molecule has 0 bridgehead atoms. The summed E-state index contributed by atoms with van der Waals surface area (Å²) >= 11 is 0. The number of nitrogens with one attached hydrogen (secondary N) is 1. The maximum atomic E-state index is 11.8. The average Bonchev–Trinajstić information content (AvgIpc) is 3.00. The number of furan rings is 1. The highest BCUT2D eigenvalue weighted by Gasteiger charge is 2.11. The van der Waals surface area contributed by atoms with Crippen molar-refractivity contribution in [2.75, 3.05) is 6.54 Å². The molecule has 20 heavy (non-hydrogen) atoms. The summed E-state index contributed by atoms with van der Waals surface area (Å²) < 4.78 is 5.06. The average molecular weight is 271 g/mol. The van der Waals surface area contributed by atoms with E-state index in [1.165, 1.54) is 12.3 Å². The minimum absolute atomic E-state index is 0.116. The summed E-state index contributed by atoms with van der Waals surface area (Å²) in [5, 5.41) is 12.4. The summed E-state index contributed by atoms with van der Waals surface area (Å²) in [5.41, 5.74) is 1.87. The van der Waals surface area contributed by atoms with E-state index >= 15 is 0 Å². The Morgan fingerprint density at radius 2 is 2.05 bits per heavy atom. The first-order chi connectivity index (χ1) is 9.66. The highest BCUT2D eigenvalue weighted by molar-refractivity contribution is 5.94. The van der Waals surface area contributed by atoms with Crippen LogP contribution >= 0.6 is 0 Å². The van der Waals surface area contributed by atoms with Gasteiger partial charge in [-0.1, -0.05) is 30.3 Å². The third-order valence-electron chi connectivity index (χ3n) is 2.92. The Labute approximate surface area is 117 Å². The van der Waals surface area contributed by atoms with E-state index in [0.29, 0.717) is 5.76 Å². The molecule has 1 heterocycles. The maximum absolute atomic E-state index is 11.8. The molecule has 1 atom stereocenters. The van der Waals surface area contributed by atoms with Crippen molar-refractivity contribution < 1.29 is 14.3 Å². The fourth-order valence-electron chi connectivity index (χ4n) is 1.81.